The number of nitrogens with zero attached hydrogens (tertiary/aromatic N) is 2. The van der Waals surface area contributed by atoms with Crippen molar-refractivity contribution >= 4 is 11.8 Å². The molecule has 0 saturated carbocycles. The lowest BCUT2D eigenvalue weighted by Gasteiger charge is -2.45. The van der Waals surface area contributed by atoms with Gasteiger partial charge in [-0.05, 0) is 32.6 Å². The maximum absolute atomic E-state index is 12.7. The minimum Gasteiger partial charge on any atom is -0.376 e. The number of rotatable bonds is 2. The lowest BCUT2D eigenvalue weighted by molar-refractivity contribution is -0.163. The monoisotopic (exact) mass is 266 g/mol. The summed E-state index contributed by atoms with van der Waals surface area (Å²) < 4.78 is 5.59. The summed E-state index contributed by atoms with van der Waals surface area (Å²) >= 11 is 0. The first-order valence-electron chi connectivity index (χ1n) is 7.39. The van der Waals surface area contributed by atoms with E-state index in [4.69, 9.17) is 4.74 Å². The molecule has 0 aromatic carbocycles. The lowest BCUT2D eigenvalue weighted by Crippen LogP contribution is -2.65. The van der Waals surface area contributed by atoms with E-state index in [0.717, 1.165) is 25.8 Å². The van der Waals surface area contributed by atoms with Gasteiger partial charge in [0, 0.05) is 13.2 Å². The molecular weight excluding hydrogens is 244 g/mol. The molecule has 3 heterocycles. The summed E-state index contributed by atoms with van der Waals surface area (Å²) in [4.78, 5) is 28.9. The number of fused-ring (bicyclic) bond motifs is 1. The molecule has 3 aliphatic rings. The maximum Gasteiger partial charge on any atom is 0.246 e. The first-order chi connectivity index (χ1) is 9.15. The quantitative estimate of drug-likeness (QED) is 0.742. The summed E-state index contributed by atoms with van der Waals surface area (Å²) in [5.41, 5.74) is 0. The average Bonchev–Trinajstić information content (AvgIpc) is 3.02. The summed E-state index contributed by atoms with van der Waals surface area (Å²) in [5, 5.41) is 0. The highest BCUT2D eigenvalue weighted by atomic mass is 16.5. The van der Waals surface area contributed by atoms with Gasteiger partial charge < -0.3 is 14.5 Å². The standard InChI is InChI=1S/C14H22N2O3/c1-3-10-13(17)15-7-4-5-12(15)14(18)16(10)11-6-8-19-9(11)2/h9-12H,3-8H2,1-2H3. The predicted molar refractivity (Wildman–Crippen MR) is 69.5 cm³/mol. The first kappa shape index (κ1) is 12.9. The van der Waals surface area contributed by atoms with Gasteiger partial charge in [0.05, 0.1) is 12.1 Å². The minimum atomic E-state index is -0.281. The number of amides is 2. The van der Waals surface area contributed by atoms with E-state index < -0.39 is 0 Å². The SMILES string of the molecule is CCC1C(=O)N2CCCC2C(=O)N1C1CCOC1C. The molecule has 0 N–H and O–H groups in total. The summed E-state index contributed by atoms with van der Waals surface area (Å²) in [6.45, 7) is 5.42. The predicted octanol–water partition coefficient (Wildman–Crippen LogP) is 0.776. The van der Waals surface area contributed by atoms with Crippen LogP contribution in [0.25, 0.3) is 0 Å². The molecule has 2 amide bonds. The van der Waals surface area contributed by atoms with Crippen LogP contribution in [0.3, 0.4) is 0 Å². The zero-order valence-corrected chi connectivity index (χ0v) is 11.7. The van der Waals surface area contributed by atoms with Crippen LogP contribution in [-0.2, 0) is 14.3 Å². The fourth-order valence-corrected chi connectivity index (χ4v) is 3.77. The van der Waals surface area contributed by atoms with E-state index in [2.05, 4.69) is 0 Å². The zero-order chi connectivity index (χ0) is 13.6. The van der Waals surface area contributed by atoms with Crippen molar-refractivity contribution in [2.45, 2.75) is 63.8 Å². The molecule has 0 aliphatic carbocycles. The smallest absolute Gasteiger partial charge is 0.246 e. The Hall–Kier alpha value is -1.10. The van der Waals surface area contributed by atoms with Gasteiger partial charge in [0.1, 0.15) is 12.1 Å². The van der Waals surface area contributed by atoms with Crippen LogP contribution in [0, 0.1) is 0 Å². The van der Waals surface area contributed by atoms with Gasteiger partial charge in [-0.1, -0.05) is 6.92 Å². The highest BCUT2D eigenvalue weighted by Crippen LogP contribution is 2.32. The maximum atomic E-state index is 12.7. The molecule has 5 nitrogen and oxygen atoms in total. The molecule has 3 rings (SSSR count). The fraction of sp³-hybridized carbons (Fsp3) is 0.857. The van der Waals surface area contributed by atoms with Crippen molar-refractivity contribution < 1.29 is 14.3 Å². The van der Waals surface area contributed by atoms with E-state index in [1.54, 1.807) is 4.90 Å². The molecule has 0 radical (unpaired) electrons. The van der Waals surface area contributed by atoms with E-state index in [1.807, 2.05) is 18.7 Å². The van der Waals surface area contributed by atoms with Gasteiger partial charge in [-0.2, -0.15) is 0 Å². The molecule has 4 atom stereocenters. The van der Waals surface area contributed by atoms with Crippen LogP contribution >= 0.6 is 0 Å². The zero-order valence-electron chi connectivity index (χ0n) is 11.7. The largest absolute Gasteiger partial charge is 0.376 e. The molecule has 4 unspecified atom stereocenters. The highest BCUT2D eigenvalue weighted by Gasteiger charge is 2.50. The fourth-order valence-electron chi connectivity index (χ4n) is 3.77. The van der Waals surface area contributed by atoms with Crippen molar-refractivity contribution in [3.8, 4) is 0 Å². The second-order valence-corrected chi connectivity index (χ2v) is 5.79. The van der Waals surface area contributed by atoms with Gasteiger partial charge in [-0.25, -0.2) is 0 Å². The van der Waals surface area contributed by atoms with Crippen LogP contribution < -0.4 is 0 Å². The molecule has 0 spiro atoms. The van der Waals surface area contributed by atoms with Crippen LogP contribution in [0.2, 0.25) is 0 Å². The number of carbonyl (C=O) groups is 2. The second-order valence-electron chi connectivity index (χ2n) is 5.79. The number of ether oxygens (including phenoxy) is 1. The van der Waals surface area contributed by atoms with Crippen molar-refractivity contribution in [1.82, 2.24) is 9.80 Å². The van der Waals surface area contributed by atoms with Gasteiger partial charge >= 0.3 is 0 Å². The van der Waals surface area contributed by atoms with Crippen molar-refractivity contribution in [2.24, 2.45) is 0 Å². The molecule has 19 heavy (non-hydrogen) atoms. The number of piperazine rings is 1. The molecule has 3 saturated heterocycles. The third-order valence-electron chi connectivity index (χ3n) is 4.78. The Labute approximate surface area is 113 Å². The van der Waals surface area contributed by atoms with Crippen LogP contribution in [0.5, 0.6) is 0 Å². The van der Waals surface area contributed by atoms with Crippen molar-refractivity contribution in [3.05, 3.63) is 0 Å². The van der Waals surface area contributed by atoms with Gasteiger partial charge in [-0.3, -0.25) is 9.59 Å². The Kier molecular flexibility index (Phi) is 3.25. The Morgan fingerprint density at radius 1 is 1.26 bits per heavy atom. The highest BCUT2D eigenvalue weighted by molar-refractivity contribution is 5.97. The Morgan fingerprint density at radius 2 is 2.05 bits per heavy atom. The van der Waals surface area contributed by atoms with Gasteiger partial charge in [0.25, 0.3) is 0 Å². The molecule has 3 aliphatic heterocycles. The second kappa shape index (κ2) is 4.78. The van der Waals surface area contributed by atoms with Gasteiger partial charge in [0.2, 0.25) is 11.8 Å². The van der Waals surface area contributed by atoms with Crippen molar-refractivity contribution in [2.75, 3.05) is 13.2 Å². The third kappa shape index (κ3) is 1.86. The van der Waals surface area contributed by atoms with E-state index in [0.29, 0.717) is 13.0 Å². The lowest BCUT2D eigenvalue weighted by atomic mass is 9.98. The van der Waals surface area contributed by atoms with Gasteiger partial charge in [0.15, 0.2) is 0 Å². The van der Waals surface area contributed by atoms with Crippen LogP contribution in [0.4, 0.5) is 0 Å². The average molecular weight is 266 g/mol. The first-order valence-corrected chi connectivity index (χ1v) is 7.39. The normalized spacial score (nSPS) is 39.1. The number of hydrogen-bond donors (Lipinski definition) is 0. The van der Waals surface area contributed by atoms with E-state index in [9.17, 15) is 9.59 Å². The van der Waals surface area contributed by atoms with Crippen molar-refractivity contribution in [3.63, 3.8) is 0 Å². The van der Waals surface area contributed by atoms with E-state index in [-0.39, 0.29) is 36.0 Å². The molecule has 5 heteroatoms. The molecule has 0 aromatic heterocycles. The number of hydrogen-bond acceptors (Lipinski definition) is 3. The van der Waals surface area contributed by atoms with Crippen LogP contribution in [0.15, 0.2) is 0 Å². The third-order valence-corrected chi connectivity index (χ3v) is 4.78. The minimum absolute atomic E-state index is 0.0405. The molecule has 0 aromatic rings. The van der Waals surface area contributed by atoms with Gasteiger partial charge in [-0.15, -0.1) is 0 Å². The molecule has 3 fully saturated rings. The molecular formula is C14H22N2O3. The van der Waals surface area contributed by atoms with E-state index >= 15 is 0 Å². The Morgan fingerprint density at radius 3 is 2.68 bits per heavy atom. The number of carbonyl (C=O) groups excluding carboxylic acids is 2. The Bertz CT molecular complexity index is 398. The summed E-state index contributed by atoms with van der Waals surface area (Å²) in [6.07, 6.45) is 3.35. The van der Waals surface area contributed by atoms with Crippen LogP contribution in [0.1, 0.15) is 39.5 Å². The summed E-state index contributed by atoms with van der Waals surface area (Å²) in [7, 11) is 0. The van der Waals surface area contributed by atoms with Crippen molar-refractivity contribution in [1.29, 1.82) is 0 Å². The Balaban J connectivity index is 1.91. The molecule has 106 valence electrons. The topological polar surface area (TPSA) is 49.9 Å². The summed E-state index contributed by atoms with van der Waals surface area (Å²) in [6, 6.07) is -0.414. The van der Waals surface area contributed by atoms with Crippen LogP contribution in [-0.4, -0.2) is 59.0 Å². The summed E-state index contributed by atoms with van der Waals surface area (Å²) in [5.74, 6) is 0.287. The molecule has 0 bridgehead atoms. The van der Waals surface area contributed by atoms with E-state index in [1.165, 1.54) is 0 Å².